The van der Waals surface area contributed by atoms with Gasteiger partial charge in [0.25, 0.3) is 0 Å². The number of anilines is 1. The smallest absolute Gasteiger partial charge is 0.326 e. The number of halogens is 3. The minimum absolute atomic E-state index is 0.110. The highest BCUT2D eigenvalue weighted by Crippen LogP contribution is 2.30. The third kappa shape index (κ3) is 5.54. The number of sulfonamides is 1. The first-order chi connectivity index (χ1) is 15.0. The molecule has 11 heteroatoms. The van der Waals surface area contributed by atoms with Gasteiger partial charge in [0, 0.05) is 18.7 Å². The summed E-state index contributed by atoms with van der Waals surface area (Å²) in [6.45, 7) is 3.57. The summed E-state index contributed by atoms with van der Waals surface area (Å²) in [7, 11) is -3.75. The molecule has 0 aliphatic heterocycles. The molecule has 3 rings (SSSR count). The summed E-state index contributed by atoms with van der Waals surface area (Å²) in [5.41, 5.74) is 1.44. The van der Waals surface area contributed by atoms with Crippen LogP contribution in [0, 0.1) is 13.8 Å². The highest BCUT2D eigenvalue weighted by Gasteiger charge is 2.35. The Balaban J connectivity index is 1.56. The number of hydrogen-bond donors (Lipinski definition) is 2. The standard InChI is InChI=1S/C21H21F3N4O3S/c1-14-3-8-18(13-15(14)2)32(30,31)26-12-10-20(29)27-16-4-6-17(7-5-16)28-19(9-11-25-28)21(22,23)24/h3-9,11,13,26H,10,12H2,1-2H3,(H,27,29). The molecule has 7 nitrogen and oxygen atoms in total. The molecule has 0 unspecified atom stereocenters. The van der Waals surface area contributed by atoms with Crippen molar-refractivity contribution in [3.8, 4) is 5.69 Å². The molecule has 0 bridgehead atoms. The molecule has 0 saturated heterocycles. The second kappa shape index (κ2) is 9.13. The first kappa shape index (κ1) is 23.5. The van der Waals surface area contributed by atoms with E-state index in [1.54, 1.807) is 12.1 Å². The summed E-state index contributed by atoms with van der Waals surface area (Å²) < 4.78 is 66.8. The molecule has 170 valence electrons. The van der Waals surface area contributed by atoms with Crippen molar-refractivity contribution in [3.05, 3.63) is 71.5 Å². The van der Waals surface area contributed by atoms with Crippen LogP contribution in [0.4, 0.5) is 18.9 Å². The number of nitrogens with zero attached hydrogens (tertiary/aromatic N) is 2. The van der Waals surface area contributed by atoms with E-state index in [9.17, 15) is 26.4 Å². The average molecular weight is 466 g/mol. The number of amides is 1. The third-order valence-electron chi connectivity index (χ3n) is 4.76. The van der Waals surface area contributed by atoms with E-state index < -0.39 is 27.8 Å². The second-order valence-corrected chi connectivity index (χ2v) is 8.88. The van der Waals surface area contributed by atoms with Gasteiger partial charge < -0.3 is 5.32 Å². The minimum Gasteiger partial charge on any atom is -0.326 e. The molecule has 1 amide bonds. The molecule has 1 heterocycles. The molecule has 0 atom stereocenters. The van der Waals surface area contributed by atoms with Crippen molar-refractivity contribution in [1.29, 1.82) is 0 Å². The Labute approximate surface area is 183 Å². The molecule has 32 heavy (non-hydrogen) atoms. The Morgan fingerprint density at radius 3 is 2.34 bits per heavy atom. The van der Waals surface area contributed by atoms with Crippen molar-refractivity contribution in [3.63, 3.8) is 0 Å². The van der Waals surface area contributed by atoms with E-state index in [2.05, 4.69) is 15.1 Å². The fourth-order valence-electron chi connectivity index (χ4n) is 2.90. The summed E-state index contributed by atoms with van der Waals surface area (Å²) >= 11 is 0. The topological polar surface area (TPSA) is 93.1 Å². The summed E-state index contributed by atoms with van der Waals surface area (Å²) in [4.78, 5) is 12.2. The van der Waals surface area contributed by atoms with Crippen LogP contribution in [0.5, 0.6) is 0 Å². The number of nitrogens with one attached hydrogen (secondary N) is 2. The number of aromatic nitrogens is 2. The van der Waals surface area contributed by atoms with Gasteiger partial charge in [0.2, 0.25) is 15.9 Å². The average Bonchev–Trinajstić information content (AvgIpc) is 3.21. The first-order valence-electron chi connectivity index (χ1n) is 9.56. The SMILES string of the molecule is Cc1ccc(S(=O)(=O)NCCC(=O)Nc2ccc(-n3nccc3C(F)(F)F)cc2)cc1C. The van der Waals surface area contributed by atoms with E-state index in [4.69, 9.17) is 0 Å². The quantitative estimate of drug-likeness (QED) is 0.554. The monoisotopic (exact) mass is 466 g/mol. The van der Waals surface area contributed by atoms with Gasteiger partial charge in [-0.1, -0.05) is 6.07 Å². The normalized spacial score (nSPS) is 12.0. The predicted molar refractivity (Wildman–Crippen MR) is 113 cm³/mol. The second-order valence-electron chi connectivity index (χ2n) is 7.11. The lowest BCUT2D eigenvalue weighted by molar-refractivity contribution is -0.142. The Bertz CT molecular complexity index is 1220. The fourth-order valence-corrected chi connectivity index (χ4v) is 4.01. The van der Waals surface area contributed by atoms with Crippen LogP contribution < -0.4 is 10.0 Å². The van der Waals surface area contributed by atoms with E-state index >= 15 is 0 Å². The molecule has 0 spiro atoms. The highest BCUT2D eigenvalue weighted by atomic mass is 32.2. The number of aryl methyl sites for hydroxylation is 2. The summed E-state index contributed by atoms with van der Waals surface area (Å²) in [6.07, 6.45) is -3.62. The highest BCUT2D eigenvalue weighted by molar-refractivity contribution is 7.89. The van der Waals surface area contributed by atoms with Gasteiger partial charge >= 0.3 is 6.18 Å². The summed E-state index contributed by atoms with van der Waals surface area (Å²) in [5, 5.41) is 6.26. The largest absolute Gasteiger partial charge is 0.433 e. The van der Waals surface area contributed by atoms with E-state index in [0.29, 0.717) is 5.69 Å². The first-order valence-corrected chi connectivity index (χ1v) is 11.0. The lowest BCUT2D eigenvalue weighted by Gasteiger charge is -2.11. The van der Waals surface area contributed by atoms with Crippen molar-refractivity contribution in [1.82, 2.24) is 14.5 Å². The van der Waals surface area contributed by atoms with Crippen molar-refractivity contribution < 1.29 is 26.4 Å². The van der Waals surface area contributed by atoms with Crippen LogP contribution in [0.3, 0.4) is 0 Å². The number of benzene rings is 2. The molecule has 0 aliphatic rings. The van der Waals surface area contributed by atoms with Crippen molar-refractivity contribution in [2.45, 2.75) is 31.3 Å². The van der Waals surface area contributed by atoms with Gasteiger partial charge in [0.1, 0.15) is 5.69 Å². The number of alkyl halides is 3. The molecule has 1 aromatic heterocycles. The minimum atomic E-state index is -4.55. The predicted octanol–water partition coefficient (Wildman–Crippen LogP) is 3.82. The third-order valence-corrected chi connectivity index (χ3v) is 6.22. The fraction of sp³-hybridized carbons (Fsp3) is 0.238. The molecule has 0 fully saturated rings. The van der Waals surface area contributed by atoms with Gasteiger partial charge in [-0.15, -0.1) is 0 Å². The van der Waals surface area contributed by atoms with E-state index in [1.165, 1.54) is 30.3 Å². The van der Waals surface area contributed by atoms with Gasteiger partial charge in [-0.25, -0.2) is 17.8 Å². The maximum absolute atomic E-state index is 13.0. The van der Waals surface area contributed by atoms with Gasteiger partial charge in [0.05, 0.1) is 16.8 Å². The molecule has 3 aromatic rings. The van der Waals surface area contributed by atoms with Crippen LogP contribution in [0.1, 0.15) is 23.2 Å². The maximum Gasteiger partial charge on any atom is 0.433 e. The molecule has 0 radical (unpaired) electrons. The Morgan fingerprint density at radius 1 is 1.03 bits per heavy atom. The number of rotatable bonds is 7. The van der Waals surface area contributed by atoms with Crippen LogP contribution in [0.2, 0.25) is 0 Å². The van der Waals surface area contributed by atoms with Crippen molar-refractivity contribution >= 4 is 21.6 Å². The van der Waals surface area contributed by atoms with E-state index in [-0.39, 0.29) is 23.5 Å². The van der Waals surface area contributed by atoms with Gasteiger partial charge in [-0.05, 0) is 67.4 Å². The Morgan fingerprint density at radius 2 is 1.72 bits per heavy atom. The zero-order chi connectivity index (χ0) is 23.5. The van der Waals surface area contributed by atoms with E-state index in [1.807, 2.05) is 13.8 Å². The zero-order valence-electron chi connectivity index (χ0n) is 17.3. The van der Waals surface area contributed by atoms with Crippen LogP contribution >= 0.6 is 0 Å². The molecular weight excluding hydrogens is 445 g/mol. The van der Waals surface area contributed by atoms with Gasteiger partial charge in [0.15, 0.2) is 0 Å². The van der Waals surface area contributed by atoms with Gasteiger partial charge in [-0.2, -0.15) is 18.3 Å². The van der Waals surface area contributed by atoms with Crippen LogP contribution in [0.25, 0.3) is 5.69 Å². The van der Waals surface area contributed by atoms with Crippen LogP contribution in [-0.4, -0.2) is 30.7 Å². The van der Waals surface area contributed by atoms with Crippen molar-refractivity contribution in [2.75, 3.05) is 11.9 Å². The number of carbonyl (C=O) groups is 1. The molecule has 2 N–H and O–H groups in total. The summed E-state index contributed by atoms with van der Waals surface area (Å²) in [5.74, 6) is -0.449. The van der Waals surface area contributed by atoms with E-state index in [0.717, 1.165) is 28.1 Å². The van der Waals surface area contributed by atoms with Crippen molar-refractivity contribution in [2.24, 2.45) is 0 Å². The maximum atomic E-state index is 13.0. The number of carbonyl (C=O) groups excluding carboxylic acids is 1. The molecule has 2 aromatic carbocycles. The Kier molecular flexibility index (Phi) is 6.70. The Hall–Kier alpha value is -3.18. The summed E-state index contributed by atoms with van der Waals surface area (Å²) in [6, 6.07) is 11.3. The molecule has 0 aliphatic carbocycles. The van der Waals surface area contributed by atoms with Crippen LogP contribution in [0.15, 0.2) is 59.6 Å². The zero-order valence-corrected chi connectivity index (χ0v) is 18.1. The lowest BCUT2D eigenvalue weighted by Crippen LogP contribution is -2.28. The number of hydrogen-bond acceptors (Lipinski definition) is 4. The van der Waals surface area contributed by atoms with Crippen LogP contribution in [-0.2, 0) is 21.0 Å². The molecule has 0 saturated carbocycles. The molecular formula is C21H21F3N4O3S. The lowest BCUT2D eigenvalue weighted by atomic mass is 10.1. The van der Waals surface area contributed by atoms with Gasteiger partial charge in [-0.3, -0.25) is 4.79 Å².